The summed E-state index contributed by atoms with van der Waals surface area (Å²) >= 11 is 3.26. The summed E-state index contributed by atoms with van der Waals surface area (Å²) in [7, 11) is 1.42. The molecule has 0 aliphatic carbocycles. The summed E-state index contributed by atoms with van der Waals surface area (Å²) < 4.78 is 5.61. The Morgan fingerprint density at radius 2 is 1.92 bits per heavy atom. The van der Waals surface area contributed by atoms with E-state index in [0.717, 1.165) is 0 Å². The van der Waals surface area contributed by atoms with Gasteiger partial charge in [0.1, 0.15) is 0 Å². The molecule has 2 aromatic rings. The molecular weight excluding hydrogens is 378 g/mol. The lowest BCUT2D eigenvalue weighted by Crippen LogP contribution is -2.32. The molecule has 24 heavy (non-hydrogen) atoms. The van der Waals surface area contributed by atoms with E-state index in [1.807, 2.05) is 0 Å². The zero-order valence-electron chi connectivity index (χ0n) is 12.6. The zero-order valence-corrected chi connectivity index (χ0v) is 14.2. The van der Waals surface area contributed by atoms with Gasteiger partial charge in [-0.05, 0) is 40.2 Å². The highest BCUT2D eigenvalue weighted by molar-refractivity contribution is 9.10. The van der Waals surface area contributed by atoms with E-state index in [1.165, 1.54) is 13.3 Å². The molecule has 0 bridgehead atoms. The fourth-order valence-corrected chi connectivity index (χ4v) is 2.14. The SMILES string of the molecule is COc1cccc(/C=N/NC(=O)C(=O)Nc2ccccc2Br)c1O. The van der Waals surface area contributed by atoms with Gasteiger partial charge in [-0.3, -0.25) is 9.59 Å². The number of aromatic hydroxyl groups is 1. The lowest BCUT2D eigenvalue weighted by molar-refractivity contribution is -0.136. The van der Waals surface area contributed by atoms with Crippen molar-refractivity contribution >= 4 is 39.6 Å². The Balaban J connectivity index is 1.98. The summed E-state index contributed by atoms with van der Waals surface area (Å²) in [6, 6.07) is 11.7. The number of hydrazone groups is 1. The van der Waals surface area contributed by atoms with Gasteiger partial charge in [-0.1, -0.05) is 18.2 Å². The Labute approximate surface area is 146 Å². The first kappa shape index (κ1) is 17.5. The van der Waals surface area contributed by atoms with Gasteiger partial charge in [0.2, 0.25) is 0 Å². The Morgan fingerprint density at radius 3 is 2.62 bits per heavy atom. The molecule has 2 aromatic carbocycles. The largest absolute Gasteiger partial charge is 0.504 e. The number of ether oxygens (including phenoxy) is 1. The van der Waals surface area contributed by atoms with Crippen LogP contribution in [-0.4, -0.2) is 30.2 Å². The molecule has 0 heterocycles. The number of nitrogens with one attached hydrogen (secondary N) is 2. The van der Waals surface area contributed by atoms with Crippen molar-refractivity contribution < 1.29 is 19.4 Å². The van der Waals surface area contributed by atoms with E-state index in [2.05, 4.69) is 31.8 Å². The third kappa shape index (κ3) is 4.32. The molecule has 3 N–H and O–H groups in total. The lowest BCUT2D eigenvalue weighted by Gasteiger charge is -2.06. The van der Waals surface area contributed by atoms with Crippen molar-refractivity contribution in [3.8, 4) is 11.5 Å². The predicted octanol–water partition coefficient (Wildman–Crippen LogP) is 2.25. The van der Waals surface area contributed by atoms with Crippen molar-refractivity contribution in [1.29, 1.82) is 0 Å². The third-order valence-corrected chi connectivity index (χ3v) is 3.64. The van der Waals surface area contributed by atoms with Crippen molar-refractivity contribution in [2.45, 2.75) is 0 Å². The summed E-state index contributed by atoms with van der Waals surface area (Å²) in [6.45, 7) is 0. The van der Waals surface area contributed by atoms with Crippen LogP contribution in [0, 0.1) is 0 Å². The number of phenols is 1. The van der Waals surface area contributed by atoms with Crippen molar-refractivity contribution in [2.24, 2.45) is 5.10 Å². The van der Waals surface area contributed by atoms with Crippen LogP contribution >= 0.6 is 15.9 Å². The van der Waals surface area contributed by atoms with Crippen molar-refractivity contribution in [3.63, 3.8) is 0 Å². The van der Waals surface area contributed by atoms with E-state index in [4.69, 9.17) is 4.74 Å². The van der Waals surface area contributed by atoms with Crippen LogP contribution < -0.4 is 15.5 Å². The first-order valence-corrected chi connectivity index (χ1v) is 7.57. The molecule has 0 aliphatic heterocycles. The van der Waals surface area contributed by atoms with E-state index in [9.17, 15) is 14.7 Å². The van der Waals surface area contributed by atoms with Crippen LogP contribution in [0.2, 0.25) is 0 Å². The van der Waals surface area contributed by atoms with E-state index in [0.29, 0.717) is 15.7 Å². The number of carbonyl (C=O) groups excluding carboxylic acids is 2. The minimum atomic E-state index is -0.940. The summed E-state index contributed by atoms with van der Waals surface area (Å²) in [5.74, 6) is -1.65. The van der Waals surface area contributed by atoms with Gasteiger partial charge in [0.25, 0.3) is 0 Å². The van der Waals surface area contributed by atoms with Crippen molar-refractivity contribution in [3.05, 3.63) is 52.5 Å². The van der Waals surface area contributed by atoms with Gasteiger partial charge in [0.15, 0.2) is 11.5 Å². The summed E-state index contributed by atoms with van der Waals surface area (Å²) in [5, 5.41) is 16.0. The van der Waals surface area contributed by atoms with Crippen LogP contribution in [0.15, 0.2) is 52.0 Å². The first-order valence-electron chi connectivity index (χ1n) is 6.78. The van der Waals surface area contributed by atoms with Crippen LogP contribution in [-0.2, 0) is 9.59 Å². The van der Waals surface area contributed by atoms with Gasteiger partial charge in [-0.15, -0.1) is 0 Å². The van der Waals surface area contributed by atoms with Crippen molar-refractivity contribution in [2.75, 3.05) is 12.4 Å². The fraction of sp³-hybridized carbons (Fsp3) is 0.0625. The number of hydrogen-bond donors (Lipinski definition) is 3. The number of hydrogen-bond acceptors (Lipinski definition) is 5. The highest BCUT2D eigenvalue weighted by Gasteiger charge is 2.14. The number of para-hydroxylation sites is 2. The number of anilines is 1. The average molecular weight is 392 g/mol. The Bertz CT molecular complexity index is 793. The highest BCUT2D eigenvalue weighted by atomic mass is 79.9. The van der Waals surface area contributed by atoms with Gasteiger partial charge >= 0.3 is 11.8 Å². The monoisotopic (exact) mass is 391 g/mol. The molecule has 0 atom stereocenters. The molecule has 0 radical (unpaired) electrons. The Kier molecular flexibility index (Phi) is 5.91. The molecule has 2 rings (SSSR count). The van der Waals surface area contributed by atoms with Crippen LogP contribution in [0.1, 0.15) is 5.56 Å². The molecule has 8 heteroatoms. The number of rotatable bonds is 4. The number of halogens is 1. The van der Waals surface area contributed by atoms with Gasteiger partial charge in [-0.25, -0.2) is 5.43 Å². The summed E-state index contributed by atoms with van der Waals surface area (Å²) in [4.78, 5) is 23.5. The summed E-state index contributed by atoms with van der Waals surface area (Å²) in [5.41, 5.74) is 2.89. The second kappa shape index (κ2) is 8.11. The van der Waals surface area contributed by atoms with Crippen LogP contribution in [0.5, 0.6) is 11.5 Å². The Hall–Kier alpha value is -2.87. The molecule has 0 aliphatic rings. The van der Waals surface area contributed by atoms with Gasteiger partial charge in [0.05, 0.1) is 19.0 Å². The second-order valence-electron chi connectivity index (χ2n) is 4.53. The highest BCUT2D eigenvalue weighted by Crippen LogP contribution is 2.27. The second-order valence-corrected chi connectivity index (χ2v) is 5.39. The lowest BCUT2D eigenvalue weighted by atomic mass is 10.2. The van der Waals surface area contributed by atoms with Crippen LogP contribution in [0.25, 0.3) is 0 Å². The maximum Gasteiger partial charge on any atom is 0.329 e. The molecule has 0 saturated carbocycles. The van der Waals surface area contributed by atoms with Gasteiger partial charge < -0.3 is 15.2 Å². The van der Waals surface area contributed by atoms with Crippen LogP contribution in [0.3, 0.4) is 0 Å². The number of carbonyl (C=O) groups is 2. The topological polar surface area (TPSA) is 100 Å². The number of phenolic OH excluding ortho intramolecular Hbond substituents is 1. The van der Waals surface area contributed by atoms with Crippen molar-refractivity contribution in [1.82, 2.24) is 5.43 Å². The normalized spacial score (nSPS) is 10.4. The minimum Gasteiger partial charge on any atom is -0.504 e. The third-order valence-electron chi connectivity index (χ3n) is 2.95. The molecule has 124 valence electrons. The minimum absolute atomic E-state index is 0.115. The van der Waals surface area contributed by atoms with Crippen LogP contribution in [0.4, 0.5) is 5.69 Å². The maximum atomic E-state index is 11.8. The number of methoxy groups -OCH3 is 1. The molecule has 0 aromatic heterocycles. The standard InChI is InChI=1S/C16H14BrN3O4/c1-24-13-8-4-5-10(14(13)21)9-18-20-16(23)15(22)19-12-7-3-2-6-11(12)17/h2-9,21H,1H3,(H,19,22)(H,20,23)/b18-9+. The maximum absolute atomic E-state index is 11.8. The molecule has 0 unspecified atom stereocenters. The van der Waals surface area contributed by atoms with Gasteiger partial charge in [-0.2, -0.15) is 5.10 Å². The van der Waals surface area contributed by atoms with Gasteiger partial charge in [0, 0.05) is 10.0 Å². The summed E-state index contributed by atoms with van der Waals surface area (Å²) in [6.07, 6.45) is 1.21. The predicted molar refractivity (Wildman–Crippen MR) is 93.2 cm³/mol. The van der Waals surface area contributed by atoms with E-state index in [-0.39, 0.29) is 11.5 Å². The Morgan fingerprint density at radius 1 is 1.17 bits per heavy atom. The molecule has 0 saturated heterocycles. The zero-order chi connectivity index (χ0) is 17.5. The molecular formula is C16H14BrN3O4. The smallest absolute Gasteiger partial charge is 0.329 e. The number of amides is 2. The van der Waals surface area contributed by atoms with E-state index in [1.54, 1.807) is 42.5 Å². The fourth-order valence-electron chi connectivity index (χ4n) is 1.76. The van der Waals surface area contributed by atoms with E-state index >= 15 is 0 Å². The molecule has 0 fully saturated rings. The molecule has 0 spiro atoms. The van der Waals surface area contributed by atoms with E-state index < -0.39 is 11.8 Å². The number of nitrogens with zero attached hydrogens (tertiary/aromatic N) is 1. The molecule has 2 amide bonds. The number of benzene rings is 2. The quantitative estimate of drug-likeness (QED) is 0.422. The molecule has 7 nitrogen and oxygen atoms in total. The first-order chi connectivity index (χ1) is 11.5. The average Bonchev–Trinajstić information content (AvgIpc) is 2.58.